The molecule has 0 aliphatic carbocycles. The molecule has 54 valence electrons. The number of hydrogen-bond acceptors (Lipinski definition) is 3. The number of ether oxygens (including phenoxy) is 3. The normalized spacial score (nSPS) is 34.8. The maximum Gasteiger partial charge on any atom is 1.00 e. The van der Waals surface area contributed by atoms with Crippen LogP contribution in [0.4, 0.5) is 0 Å². The van der Waals surface area contributed by atoms with Crippen molar-refractivity contribution in [1.29, 1.82) is 0 Å². The van der Waals surface area contributed by atoms with Gasteiger partial charge < -0.3 is 15.6 Å². The summed E-state index contributed by atoms with van der Waals surface area (Å²) in [7, 11) is 0. The van der Waals surface area contributed by atoms with Gasteiger partial charge in [-0.15, -0.1) is 0 Å². The molecule has 0 aromatic rings. The summed E-state index contributed by atoms with van der Waals surface area (Å²) < 4.78 is 15.1. The smallest absolute Gasteiger partial charge is 1.00 e. The molecule has 0 N–H and O–H groups in total. The molecule has 2 heterocycles. The zero-order valence-electron chi connectivity index (χ0n) is 7.21. The standard InChI is InChI=1S/C6H10O3.Li.H/c1(5-3-8-5)7-2-6-4-9-6;;/h5-6H,1-4H2;;/q;+1;-1. The van der Waals surface area contributed by atoms with Crippen LogP contribution in [0.1, 0.15) is 1.43 Å². The van der Waals surface area contributed by atoms with Crippen molar-refractivity contribution in [2.24, 2.45) is 0 Å². The fourth-order valence-electron chi connectivity index (χ4n) is 0.659. The Balaban J connectivity index is 0.000000500. The van der Waals surface area contributed by atoms with E-state index in [4.69, 9.17) is 14.2 Å². The van der Waals surface area contributed by atoms with Gasteiger partial charge in [0.05, 0.1) is 26.4 Å². The maximum absolute atomic E-state index is 5.23. The first-order valence-corrected chi connectivity index (χ1v) is 3.26. The van der Waals surface area contributed by atoms with Crippen molar-refractivity contribution in [1.82, 2.24) is 0 Å². The minimum atomic E-state index is 0. The molecule has 2 fully saturated rings. The first-order chi connectivity index (χ1) is 4.45. The zero-order valence-corrected chi connectivity index (χ0v) is 6.21. The van der Waals surface area contributed by atoms with E-state index in [1.807, 2.05) is 0 Å². The van der Waals surface area contributed by atoms with Gasteiger partial charge in [-0.1, -0.05) is 0 Å². The summed E-state index contributed by atoms with van der Waals surface area (Å²) in [5, 5.41) is 0. The molecular weight excluding hydrogens is 127 g/mol. The van der Waals surface area contributed by atoms with Gasteiger partial charge in [0.1, 0.15) is 12.2 Å². The molecule has 2 rings (SSSR count). The Labute approximate surface area is 73.7 Å². The Bertz CT molecular complexity index is 94.0. The summed E-state index contributed by atoms with van der Waals surface area (Å²) in [6, 6.07) is 0. The summed E-state index contributed by atoms with van der Waals surface area (Å²) >= 11 is 0. The molecule has 10 heavy (non-hydrogen) atoms. The molecule has 2 aliphatic heterocycles. The fraction of sp³-hybridized carbons (Fsp3) is 1.00. The van der Waals surface area contributed by atoms with Gasteiger partial charge in [0.15, 0.2) is 0 Å². The van der Waals surface area contributed by atoms with Gasteiger partial charge in [-0.25, -0.2) is 0 Å². The Morgan fingerprint density at radius 1 is 1.20 bits per heavy atom. The van der Waals surface area contributed by atoms with Crippen molar-refractivity contribution in [3.8, 4) is 0 Å². The van der Waals surface area contributed by atoms with E-state index in [2.05, 4.69) is 0 Å². The fourth-order valence-corrected chi connectivity index (χ4v) is 0.659. The van der Waals surface area contributed by atoms with E-state index >= 15 is 0 Å². The van der Waals surface area contributed by atoms with E-state index < -0.39 is 0 Å². The van der Waals surface area contributed by atoms with E-state index in [1.165, 1.54) is 0 Å². The van der Waals surface area contributed by atoms with E-state index in [1.54, 1.807) is 0 Å². The van der Waals surface area contributed by atoms with Crippen LogP contribution in [-0.4, -0.2) is 38.6 Å². The van der Waals surface area contributed by atoms with Gasteiger partial charge >= 0.3 is 18.9 Å². The second-order valence-electron chi connectivity index (χ2n) is 2.45. The van der Waals surface area contributed by atoms with E-state index in [-0.39, 0.29) is 20.3 Å². The third kappa shape index (κ3) is 3.04. The minimum absolute atomic E-state index is 0. The van der Waals surface area contributed by atoms with Gasteiger partial charge in [-0.3, -0.25) is 0 Å². The number of epoxide rings is 2. The van der Waals surface area contributed by atoms with Crippen molar-refractivity contribution in [2.45, 2.75) is 12.2 Å². The van der Waals surface area contributed by atoms with Crippen LogP contribution < -0.4 is 18.9 Å². The van der Waals surface area contributed by atoms with E-state index in [0.717, 1.165) is 26.4 Å². The molecule has 2 aliphatic rings. The maximum atomic E-state index is 5.23. The second-order valence-corrected chi connectivity index (χ2v) is 2.45. The van der Waals surface area contributed by atoms with Crippen LogP contribution in [0.15, 0.2) is 0 Å². The molecule has 3 nitrogen and oxygen atoms in total. The summed E-state index contributed by atoms with van der Waals surface area (Å²) in [5.41, 5.74) is 0. The summed E-state index contributed by atoms with van der Waals surface area (Å²) in [6.45, 7) is 3.26. The number of hydrogen-bond donors (Lipinski definition) is 0. The summed E-state index contributed by atoms with van der Waals surface area (Å²) in [5.74, 6) is 0. The first-order valence-electron chi connectivity index (χ1n) is 3.26. The second kappa shape index (κ2) is 3.75. The topological polar surface area (TPSA) is 34.3 Å². The van der Waals surface area contributed by atoms with E-state index in [9.17, 15) is 0 Å². The molecule has 0 aromatic carbocycles. The molecule has 0 spiro atoms. The van der Waals surface area contributed by atoms with Crippen LogP contribution in [0, 0.1) is 0 Å². The summed E-state index contributed by atoms with van der Waals surface area (Å²) in [6.07, 6.45) is 0.785. The molecule has 0 bridgehead atoms. The van der Waals surface area contributed by atoms with Crippen LogP contribution in [0.2, 0.25) is 0 Å². The predicted octanol–water partition coefficient (Wildman–Crippen LogP) is -3.08. The third-order valence-corrected chi connectivity index (χ3v) is 1.41. The molecule has 0 radical (unpaired) electrons. The summed E-state index contributed by atoms with van der Waals surface area (Å²) in [4.78, 5) is 0. The van der Waals surface area contributed by atoms with Gasteiger partial charge in [0.2, 0.25) is 0 Å². The van der Waals surface area contributed by atoms with Gasteiger partial charge in [0, 0.05) is 0 Å². The molecule has 2 atom stereocenters. The van der Waals surface area contributed by atoms with Gasteiger partial charge in [-0.05, 0) is 0 Å². The van der Waals surface area contributed by atoms with Crippen molar-refractivity contribution in [3.63, 3.8) is 0 Å². The van der Waals surface area contributed by atoms with Crippen LogP contribution in [0.5, 0.6) is 0 Å². The Morgan fingerprint density at radius 3 is 1.90 bits per heavy atom. The van der Waals surface area contributed by atoms with E-state index in [0.29, 0.717) is 12.2 Å². The Kier molecular flexibility index (Phi) is 3.21. The molecule has 4 heteroatoms. The average molecular weight is 138 g/mol. The largest absolute Gasteiger partial charge is 1.00 e. The number of rotatable bonds is 4. The SMILES string of the molecule is C(OCC1CO1)C1CO1.[H-].[Li+]. The molecular formula is C6H11LiO3. The zero-order chi connectivity index (χ0) is 6.10. The van der Waals surface area contributed by atoms with Crippen molar-refractivity contribution in [3.05, 3.63) is 0 Å². The van der Waals surface area contributed by atoms with Crippen LogP contribution >= 0.6 is 0 Å². The quantitative estimate of drug-likeness (QED) is 0.305. The van der Waals surface area contributed by atoms with Crippen molar-refractivity contribution < 1.29 is 34.5 Å². The molecule has 0 saturated carbocycles. The van der Waals surface area contributed by atoms with Crippen LogP contribution in [0.3, 0.4) is 0 Å². The average Bonchev–Trinajstić information content (AvgIpc) is 2.57. The molecule has 2 saturated heterocycles. The van der Waals surface area contributed by atoms with Crippen LogP contribution in [-0.2, 0) is 14.2 Å². The third-order valence-electron chi connectivity index (χ3n) is 1.41. The predicted molar refractivity (Wildman–Crippen MR) is 31.4 cm³/mol. The monoisotopic (exact) mass is 138 g/mol. The van der Waals surface area contributed by atoms with Gasteiger partial charge in [-0.2, -0.15) is 0 Å². The van der Waals surface area contributed by atoms with Crippen LogP contribution in [0.25, 0.3) is 0 Å². The molecule has 0 amide bonds. The Hall–Kier alpha value is 0.477. The molecule has 2 unspecified atom stereocenters. The molecule has 0 aromatic heterocycles. The van der Waals surface area contributed by atoms with Gasteiger partial charge in [0.25, 0.3) is 0 Å². The minimum Gasteiger partial charge on any atom is -1.00 e. The van der Waals surface area contributed by atoms with Crippen molar-refractivity contribution in [2.75, 3.05) is 26.4 Å². The Morgan fingerprint density at radius 2 is 1.60 bits per heavy atom. The first kappa shape index (κ1) is 8.57. The van der Waals surface area contributed by atoms with Crippen molar-refractivity contribution >= 4 is 0 Å².